The largest absolute Gasteiger partial charge is 0.333 e. The highest BCUT2D eigenvalue weighted by atomic mass is 35.5. The van der Waals surface area contributed by atoms with Gasteiger partial charge < -0.3 is 5.73 Å². The summed E-state index contributed by atoms with van der Waals surface area (Å²) >= 11 is 0. The topological polar surface area (TPSA) is 43.8 Å². The van der Waals surface area contributed by atoms with Gasteiger partial charge in [0.2, 0.25) is 0 Å². The number of rotatable bonds is 2. The lowest BCUT2D eigenvalue weighted by atomic mass is 10.3. The molecule has 0 spiro atoms. The number of nitrogens with two attached hydrogens (primary N) is 1. The van der Waals surface area contributed by atoms with Crippen LogP contribution in [-0.2, 0) is 0 Å². The Bertz CT molecular complexity index is 214. The van der Waals surface area contributed by atoms with Gasteiger partial charge in [-0.3, -0.25) is 0 Å². The van der Waals surface area contributed by atoms with E-state index in [9.17, 15) is 8.78 Å². The third-order valence-corrected chi connectivity index (χ3v) is 1.30. The molecule has 0 radical (unpaired) electrons. The Hall–Kier alpha value is -0.680. The molecule has 1 atom stereocenters. The van der Waals surface area contributed by atoms with Crippen molar-refractivity contribution in [3.05, 3.63) is 18.0 Å². The molecule has 0 aliphatic heterocycles. The Balaban J connectivity index is 0.00000121. The van der Waals surface area contributed by atoms with E-state index in [1.165, 1.54) is 12.3 Å². The molecule has 0 aliphatic rings. The molecule has 0 saturated heterocycles. The van der Waals surface area contributed by atoms with Crippen LogP contribution in [0.25, 0.3) is 0 Å². The highest BCUT2D eigenvalue weighted by Gasteiger charge is 2.08. The summed E-state index contributed by atoms with van der Waals surface area (Å²) < 4.78 is 24.4. The summed E-state index contributed by atoms with van der Waals surface area (Å²) in [4.78, 5) is 0. The summed E-state index contributed by atoms with van der Waals surface area (Å²) in [6, 6.07) is 1.19. The van der Waals surface area contributed by atoms with Gasteiger partial charge in [0.05, 0.1) is 5.69 Å². The summed E-state index contributed by atoms with van der Waals surface area (Å²) in [5, 5.41) is 3.55. The molecule has 1 rings (SSSR count). The first-order valence-corrected chi connectivity index (χ1v) is 3.20. The molecule has 0 fully saturated rings. The summed E-state index contributed by atoms with van der Waals surface area (Å²) in [6.45, 7) is -0.888. The van der Waals surface area contributed by atoms with E-state index in [4.69, 9.17) is 5.73 Å². The minimum atomic E-state index is -2.58. The van der Waals surface area contributed by atoms with Crippen molar-refractivity contribution in [2.24, 2.45) is 5.73 Å². The Morgan fingerprint density at radius 2 is 2.17 bits per heavy atom. The first-order valence-electron chi connectivity index (χ1n) is 3.20. The predicted octanol–water partition coefficient (Wildman–Crippen LogP) is 1.72. The van der Waals surface area contributed by atoms with E-state index in [2.05, 4.69) is 5.10 Å². The van der Waals surface area contributed by atoms with Crippen molar-refractivity contribution in [1.82, 2.24) is 9.78 Å². The van der Waals surface area contributed by atoms with Gasteiger partial charge in [0.1, 0.15) is 0 Å². The normalized spacial score (nSPS) is 12.8. The fourth-order valence-electron chi connectivity index (χ4n) is 0.704. The third kappa shape index (κ3) is 2.42. The smallest absolute Gasteiger partial charge is 0.323 e. The maximum atomic E-state index is 11.9. The van der Waals surface area contributed by atoms with Gasteiger partial charge in [-0.15, -0.1) is 12.4 Å². The van der Waals surface area contributed by atoms with Crippen LogP contribution in [0.3, 0.4) is 0 Å². The first-order chi connectivity index (χ1) is 5.11. The molecule has 3 nitrogen and oxygen atoms in total. The van der Waals surface area contributed by atoms with Crippen LogP contribution in [0.2, 0.25) is 0 Å². The monoisotopic (exact) mass is 197 g/mol. The molecule has 6 heteroatoms. The van der Waals surface area contributed by atoms with Gasteiger partial charge in [0, 0.05) is 12.2 Å². The summed E-state index contributed by atoms with van der Waals surface area (Å²) in [6.07, 6.45) is 1.21. The zero-order valence-electron chi connectivity index (χ0n) is 6.45. The van der Waals surface area contributed by atoms with Gasteiger partial charge in [0.25, 0.3) is 0 Å². The quantitative estimate of drug-likeness (QED) is 0.785. The van der Waals surface area contributed by atoms with Crippen LogP contribution in [0.1, 0.15) is 25.2 Å². The van der Waals surface area contributed by atoms with Crippen molar-refractivity contribution in [3.63, 3.8) is 0 Å². The number of halogens is 3. The molecule has 0 saturated carbocycles. The standard InChI is InChI=1S/C6H9F2N3.ClH/c1-4(9)5-2-3-11(10-5)6(7)8;/h2-4,6H,9H2,1H3;1H/t4-;/m0./s1. The van der Waals surface area contributed by atoms with Gasteiger partial charge >= 0.3 is 6.55 Å². The molecule has 2 N–H and O–H groups in total. The number of aromatic nitrogens is 2. The van der Waals surface area contributed by atoms with E-state index in [1.807, 2.05) is 0 Å². The van der Waals surface area contributed by atoms with Crippen molar-refractivity contribution >= 4 is 12.4 Å². The van der Waals surface area contributed by atoms with Crippen molar-refractivity contribution < 1.29 is 8.78 Å². The molecule has 0 aliphatic carbocycles. The molecule has 1 aromatic rings. The molecule has 0 amide bonds. The Morgan fingerprint density at radius 3 is 2.42 bits per heavy atom. The highest BCUT2D eigenvalue weighted by Crippen LogP contribution is 2.11. The number of nitrogens with zero attached hydrogens (tertiary/aromatic N) is 2. The Morgan fingerprint density at radius 1 is 1.58 bits per heavy atom. The number of alkyl halides is 2. The van der Waals surface area contributed by atoms with E-state index in [-0.39, 0.29) is 18.4 Å². The van der Waals surface area contributed by atoms with Crippen LogP contribution < -0.4 is 5.73 Å². The molecule has 12 heavy (non-hydrogen) atoms. The van der Waals surface area contributed by atoms with Crippen LogP contribution in [-0.4, -0.2) is 9.78 Å². The maximum absolute atomic E-state index is 11.9. The molecule has 70 valence electrons. The average molecular weight is 198 g/mol. The molecule has 0 unspecified atom stereocenters. The molecule has 0 aromatic carbocycles. The van der Waals surface area contributed by atoms with Crippen LogP contribution in [0.5, 0.6) is 0 Å². The Labute approximate surface area is 75.0 Å². The zero-order valence-corrected chi connectivity index (χ0v) is 7.26. The van der Waals surface area contributed by atoms with Gasteiger partial charge in [-0.05, 0) is 13.0 Å². The van der Waals surface area contributed by atoms with E-state index >= 15 is 0 Å². The molecule has 1 heterocycles. The van der Waals surface area contributed by atoms with E-state index in [0.29, 0.717) is 10.4 Å². The maximum Gasteiger partial charge on any atom is 0.333 e. The van der Waals surface area contributed by atoms with E-state index < -0.39 is 6.55 Å². The third-order valence-electron chi connectivity index (χ3n) is 1.30. The SMILES string of the molecule is C[C@H](N)c1ccn(C(F)F)n1.Cl. The second kappa shape index (κ2) is 4.37. The van der Waals surface area contributed by atoms with Gasteiger partial charge in [0.15, 0.2) is 0 Å². The fraction of sp³-hybridized carbons (Fsp3) is 0.500. The number of hydrogen-bond donors (Lipinski definition) is 1. The summed E-state index contributed by atoms with van der Waals surface area (Å²) in [7, 11) is 0. The molecular weight excluding hydrogens is 188 g/mol. The number of hydrogen-bond acceptors (Lipinski definition) is 2. The molecule has 0 bridgehead atoms. The molecule has 1 aromatic heterocycles. The minimum absolute atomic E-state index is 0. The lowest BCUT2D eigenvalue weighted by Crippen LogP contribution is -2.07. The van der Waals surface area contributed by atoms with Crippen LogP contribution in [0.15, 0.2) is 12.3 Å². The van der Waals surface area contributed by atoms with Crippen LogP contribution >= 0.6 is 12.4 Å². The average Bonchev–Trinajstić information content (AvgIpc) is 2.33. The highest BCUT2D eigenvalue weighted by molar-refractivity contribution is 5.85. The minimum Gasteiger partial charge on any atom is -0.323 e. The van der Waals surface area contributed by atoms with Gasteiger partial charge in [-0.1, -0.05) is 0 Å². The predicted molar refractivity (Wildman–Crippen MR) is 43.3 cm³/mol. The first kappa shape index (κ1) is 11.3. The second-order valence-corrected chi connectivity index (χ2v) is 2.29. The van der Waals surface area contributed by atoms with Gasteiger partial charge in [-0.2, -0.15) is 13.9 Å². The summed E-state index contributed by atoms with van der Waals surface area (Å²) in [5.74, 6) is 0. The van der Waals surface area contributed by atoms with E-state index in [1.54, 1.807) is 6.92 Å². The van der Waals surface area contributed by atoms with Crippen molar-refractivity contribution in [3.8, 4) is 0 Å². The van der Waals surface area contributed by atoms with E-state index in [0.717, 1.165) is 0 Å². The van der Waals surface area contributed by atoms with Crippen molar-refractivity contribution in [1.29, 1.82) is 0 Å². The molecular formula is C6H10ClF2N3. The van der Waals surface area contributed by atoms with Crippen LogP contribution in [0.4, 0.5) is 8.78 Å². The van der Waals surface area contributed by atoms with Crippen molar-refractivity contribution in [2.75, 3.05) is 0 Å². The summed E-state index contributed by atoms with van der Waals surface area (Å²) in [5.41, 5.74) is 5.88. The second-order valence-electron chi connectivity index (χ2n) is 2.29. The lowest BCUT2D eigenvalue weighted by molar-refractivity contribution is 0.0561. The lowest BCUT2D eigenvalue weighted by Gasteiger charge is -1.99. The van der Waals surface area contributed by atoms with Crippen LogP contribution in [0, 0.1) is 0 Å². The Kier molecular flexibility index (Phi) is 4.12. The van der Waals surface area contributed by atoms with Gasteiger partial charge in [-0.25, -0.2) is 4.68 Å². The fourth-order valence-corrected chi connectivity index (χ4v) is 0.704. The van der Waals surface area contributed by atoms with Crippen molar-refractivity contribution in [2.45, 2.75) is 19.5 Å². The zero-order chi connectivity index (χ0) is 8.43.